The number of carbonyl (C=O) groups excluding carboxylic acids is 1. The van der Waals surface area contributed by atoms with Crippen molar-refractivity contribution in [2.45, 2.75) is 33.6 Å². The molecule has 1 N–H and O–H groups in total. The SMILES string of the molecule is COc1nn(C)c2nc(C)c(CCC(=O)N(C)CC(C)C(=O)O)c(C)c12. The number of amides is 1. The van der Waals surface area contributed by atoms with Gasteiger partial charge in [0.25, 0.3) is 0 Å². The number of hydrogen-bond donors (Lipinski definition) is 1. The van der Waals surface area contributed by atoms with Crippen molar-refractivity contribution in [3.63, 3.8) is 0 Å². The minimum absolute atomic E-state index is 0.0878. The first-order valence-corrected chi connectivity index (χ1v) is 8.50. The Labute approximate surface area is 152 Å². The number of carboxylic acid groups (broad SMARTS) is 1. The number of aryl methyl sites for hydroxylation is 3. The Kier molecular flexibility index (Phi) is 5.84. The molecular weight excluding hydrogens is 336 g/mol. The second-order valence-corrected chi connectivity index (χ2v) is 6.65. The lowest BCUT2D eigenvalue weighted by atomic mass is 10.00. The van der Waals surface area contributed by atoms with Gasteiger partial charge in [-0.3, -0.25) is 9.59 Å². The minimum Gasteiger partial charge on any atom is -0.481 e. The van der Waals surface area contributed by atoms with Gasteiger partial charge in [-0.05, 0) is 31.4 Å². The van der Waals surface area contributed by atoms with Crippen molar-refractivity contribution in [1.82, 2.24) is 19.7 Å². The summed E-state index contributed by atoms with van der Waals surface area (Å²) in [6, 6.07) is 0. The van der Waals surface area contributed by atoms with Gasteiger partial charge in [-0.2, -0.15) is 0 Å². The predicted octanol–water partition coefficient (Wildman–Crippen LogP) is 1.71. The number of aromatic nitrogens is 3. The second kappa shape index (κ2) is 7.72. The van der Waals surface area contributed by atoms with Crippen LogP contribution >= 0.6 is 0 Å². The molecule has 2 aromatic heterocycles. The molecular formula is C18H26N4O4. The Morgan fingerprint density at radius 2 is 2.00 bits per heavy atom. The quantitative estimate of drug-likeness (QED) is 0.805. The molecule has 1 unspecified atom stereocenters. The molecule has 1 amide bonds. The van der Waals surface area contributed by atoms with Gasteiger partial charge in [0.15, 0.2) is 5.65 Å². The average Bonchev–Trinajstić information content (AvgIpc) is 2.90. The highest BCUT2D eigenvalue weighted by molar-refractivity contribution is 5.86. The second-order valence-electron chi connectivity index (χ2n) is 6.65. The summed E-state index contributed by atoms with van der Waals surface area (Å²) in [5.74, 6) is -1.07. The van der Waals surface area contributed by atoms with Crippen molar-refractivity contribution in [2.75, 3.05) is 20.7 Å². The molecule has 0 bridgehead atoms. The van der Waals surface area contributed by atoms with Gasteiger partial charge in [0, 0.05) is 32.8 Å². The van der Waals surface area contributed by atoms with E-state index in [-0.39, 0.29) is 12.5 Å². The number of rotatable bonds is 7. The van der Waals surface area contributed by atoms with E-state index < -0.39 is 11.9 Å². The van der Waals surface area contributed by atoms with E-state index in [1.54, 1.807) is 25.8 Å². The van der Waals surface area contributed by atoms with E-state index in [0.717, 1.165) is 27.9 Å². The molecule has 0 aliphatic heterocycles. The minimum atomic E-state index is -0.908. The van der Waals surface area contributed by atoms with Crippen LogP contribution in [0.15, 0.2) is 0 Å². The highest BCUT2D eigenvalue weighted by Crippen LogP contribution is 2.30. The lowest BCUT2D eigenvalue weighted by molar-refractivity contribution is -0.142. The molecule has 2 rings (SSSR count). The third-order valence-electron chi connectivity index (χ3n) is 4.70. The van der Waals surface area contributed by atoms with Gasteiger partial charge >= 0.3 is 5.97 Å². The largest absolute Gasteiger partial charge is 0.481 e. The smallest absolute Gasteiger partial charge is 0.308 e. The highest BCUT2D eigenvalue weighted by Gasteiger charge is 2.20. The zero-order chi connectivity index (χ0) is 19.6. The molecule has 8 nitrogen and oxygen atoms in total. The van der Waals surface area contributed by atoms with Crippen molar-refractivity contribution in [2.24, 2.45) is 13.0 Å². The van der Waals surface area contributed by atoms with Crippen LogP contribution in [0.25, 0.3) is 11.0 Å². The summed E-state index contributed by atoms with van der Waals surface area (Å²) in [5.41, 5.74) is 3.61. The number of nitrogens with zero attached hydrogens (tertiary/aromatic N) is 4. The van der Waals surface area contributed by atoms with Crippen molar-refractivity contribution >= 4 is 22.9 Å². The number of carboxylic acids is 1. The summed E-state index contributed by atoms with van der Waals surface area (Å²) in [5, 5.41) is 14.2. The summed E-state index contributed by atoms with van der Waals surface area (Å²) in [4.78, 5) is 29.4. The summed E-state index contributed by atoms with van der Waals surface area (Å²) in [6.45, 7) is 5.69. The van der Waals surface area contributed by atoms with Crippen LogP contribution in [0.3, 0.4) is 0 Å². The van der Waals surface area contributed by atoms with Gasteiger partial charge in [-0.15, -0.1) is 5.10 Å². The first-order valence-electron chi connectivity index (χ1n) is 8.50. The lowest BCUT2D eigenvalue weighted by Crippen LogP contribution is -2.33. The fourth-order valence-corrected chi connectivity index (χ4v) is 3.12. The number of aliphatic carboxylic acids is 1. The van der Waals surface area contributed by atoms with Gasteiger partial charge in [-0.1, -0.05) is 6.92 Å². The van der Waals surface area contributed by atoms with Crippen molar-refractivity contribution in [3.8, 4) is 5.88 Å². The van der Waals surface area contributed by atoms with Gasteiger partial charge in [-0.25, -0.2) is 9.67 Å². The standard InChI is InChI=1S/C18H26N4O4/c1-10(18(24)25)9-21(4)14(23)8-7-13-11(2)15-16(19-12(13)3)22(5)20-17(15)26-6/h10H,7-9H2,1-6H3,(H,24,25). The molecule has 142 valence electrons. The monoisotopic (exact) mass is 362 g/mol. The van der Waals surface area contributed by atoms with Crippen LogP contribution in [-0.4, -0.2) is 57.3 Å². The Bertz CT molecular complexity index is 844. The molecule has 0 radical (unpaired) electrons. The molecule has 0 fully saturated rings. The van der Waals surface area contributed by atoms with E-state index in [9.17, 15) is 9.59 Å². The summed E-state index contributed by atoms with van der Waals surface area (Å²) in [6.07, 6.45) is 0.823. The number of hydrogen-bond acceptors (Lipinski definition) is 5. The number of fused-ring (bicyclic) bond motifs is 1. The number of methoxy groups -OCH3 is 1. The maximum atomic E-state index is 12.4. The number of pyridine rings is 1. The number of carbonyl (C=O) groups is 2. The number of ether oxygens (including phenoxy) is 1. The van der Waals surface area contributed by atoms with Crippen molar-refractivity contribution < 1.29 is 19.4 Å². The maximum absolute atomic E-state index is 12.4. The molecule has 2 aromatic rings. The molecule has 26 heavy (non-hydrogen) atoms. The van der Waals surface area contributed by atoms with Gasteiger partial charge in [0.2, 0.25) is 11.8 Å². The first-order chi connectivity index (χ1) is 12.2. The zero-order valence-corrected chi connectivity index (χ0v) is 16.2. The average molecular weight is 362 g/mol. The topological polar surface area (TPSA) is 97.5 Å². The molecule has 0 aromatic carbocycles. The molecule has 0 spiro atoms. The van der Waals surface area contributed by atoms with Gasteiger partial charge in [0.1, 0.15) is 0 Å². The maximum Gasteiger partial charge on any atom is 0.308 e. The van der Waals surface area contributed by atoms with Crippen LogP contribution in [0.1, 0.15) is 30.2 Å². The van der Waals surface area contributed by atoms with E-state index in [4.69, 9.17) is 9.84 Å². The molecule has 0 aliphatic rings. The van der Waals surface area contributed by atoms with Gasteiger partial charge in [0.05, 0.1) is 18.4 Å². The predicted molar refractivity (Wildman–Crippen MR) is 97.3 cm³/mol. The van der Waals surface area contributed by atoms with Crippen LogP contribution in [0.4, 0.5) is 0 Å². The van der Waals surface area contributed by atoms with Crippen LogP contribution in [0.5, 0.6) is 5.88 Å². The van der Waals surface area contributed by atoms with E-state index >= 15 is 0 Å². The Hall–Kier alpha value is -2.64. The van der Waals surface area contributed by atoms with E-state index in [1.807, 2.05) is 20.9 Å². The van der Waals surface area contributed by atoms with E-state index in [1.165, 1.54) is 4.90 Å². The third kappa shape index (κ3) is 3.79. The fraction of sp³-hybridized carbons (Fsp3) is 0.556. The molecule has 8 heteroatoms. The molecule has 2 heterocycles. The Balaban J connectivity index is 2.20. The summed E-state index contributed by atoms with van der Waals surface area (Å²) >= 11 is 0. The molecule has 1 atom stereocenters. The third-order valence-corrected chi connectivity index (χ3v) is 4.70. The summed E-state index contributed by atoms with van der Waals surface area (Å²) < 4.78 is 7.04. The Morgan fingerprint density at radius 1 is 1.35 bits per heavy atom. The van der Waals surface area contributed by atoms with Gasteiger partial charge < -0.3 is 14.7 Å². The Morgan fingerprint density at radius 3 is 2.58 bits per heavy atom. The molecule has 0 saturated heterocycles. The fourth-order valence-electron chi connectivity index (χ4n) is 3.12. The van der Waals surface area contributed by atoms with Crippen molar-refractivity contribution in [1.29, 1.82) is 0 Å². The summed E-state index contributed by atoms with van der Waals surface area (Å²) in [7, 11) is 5.02. The molecule has 0 aliphatic carbocycles. The van der Waals surface area contributed by atoms with E-state index in [0.29, 0.717) is 18.7 Å². The van der Waals surface area contributed by atoms with Crippen LogP contribution in [-0.2, 0) is 23.1 Å². The molecule has 0 saturated carbocycles. The van der Waals surface area contributed by atoms with Crippen LogP contribution < -0.4 is 4.74 Å². The highest BCUT2D eigenvalue weighted by atomic mass is 16.5. The van der Waals surface area contributed by atoms with E-state index in [2.05, 4.69) is 10.1 Å². The van der Waals surface area contributed by atoms with Crippen molar-refractivity contribution in [3.05, 3.63) is 16.8 Å². The first kappa shape index (κ1) is 19.7. The lowest BCUT2D eigenvalue weighted by Gasteiger charge is -2.20. The zero-order valence-electron chi connectivity index (χ0n) is 16.2. The normalized spacial score (nSPS) is 12.2. The van der Waals surface area contributed by atoms with Crippen LogP contribution in [0.2, 0.25) is 0 Å². The van der Waals surface area contributed by atoms with Crippen LogP contribution in [0, 0.1) is 19.8 Å².